The molecule has 0 amide bonds. The fourth-order valence-electron chi connectivity index (χ4n) is 2.34. The lowest BCUT2D eigenvalue weighted by atomic mass is 10.2. The minimum atomic E-state index is 0. The number of aryl methyl sites for hydroxylation is 5. The first-order valence-electron chi connectivity index (χ1n) is 11.5. The van der Waals surface area contributed by atoms with Crippen LogP contribution in [0.25, 0.3) is 0 Å². The molecule has 0 unspecified atom stereocenters. The molecule has 4 nitrogen and oxygen atoms in total. The van der Waals surface area contributed by atoms with Crippen LogP contribution in [0.1, 0.15) is 35.6 Å². The van der Waals surface area contributed by atoms with Crippen LogP contribution in [0.2, 0.25) is 0 Å². The molecule has 188 valence electrons. The maximum Gasteiger partial charge on any atom is 0.125 e. The highest BCUT2D eigenvalue weighted by Crippen LogP contribution is 1.93. The maximum absolute atomic E-state index is 3.98. The summed E-state index contributed by atoms with van der Waals surface area (Å²) in [4.78, 5) is 15.6. The van der Waals surface area contributed by atoms with Gasteiger partial charge in [0.05, 0.1) is 0 Å². The van der Waals surface area contributed by atoms with Crippen molar-refractivity contribution in [1.29, 1.82) is 0 Å². The van der Waals surface area contributed by atoms with Crippen LogP contribution in [0.15, 0.2) is 128 Å². The second-order valence-electron chi connectivity index (χ2n) is 7.61. The molecule has 0 saturated heterocycles. The Balaban J connectivity index is 0.000000422. The number of hydrogen-bond donors (Lipinski definition) is 0. The van der Waals surface area contributed by atoms with Crippen LogP contribution in [0.4, 0.5) is 0 Å². The van der Waals surface area contributed by atoms with Crippen molar-refractivity contribution in [3.05, 3.63) is 156 Å². The quantitative estimate of drug-likeness (QED) is 0.224. The van der Waals surface area contributed by atoms with Gasteiger partial charge >= 0.3 is 0 Å². The molecule has 0 aliphatic heterocycles. The number of nitrogens with zero attached hydrogens (tertiary/aromatic N) is 4. The first kappa shape index (κ1) is 31.8. The molecule has 0 aliphatic carbocycles. The summed E-state index contributed by atoms with van der Waals surface area (Å²) in [5.41, 5.74) is 4.93. The number of benzene rings is 2. The molecule has 2 aromatic carbocycles. The van der Waals surface area contributed by atoms with Gasteiger partial charge in [0.25, 0.3) is 0 Å². The predicted octanol–water partition coefficient (Wildman–Crippen LogP) is 8.19. The average Bonchev–Trinajstić information content (AvgIpc) is 2.88. The number of hydrogen-bond acceptors (Lipinski definition) is 4. The summed E-state index contributed by atoms with van der Waals surface area (Å²) in [5.74, 6) is 0.822. The van der Waals surface area contributed by atoms with Gasteiger partial charge in [-0.2, -0.15) is 0 Å². The molecule has 0 fully saturated rings. The van der Waals surface area contributed by atoms with Gasteiger partial charge in [-0.3, -0.25) is 9.97 Å². The van der Waals surface area contributed by atoms with Gasteiger partial charge in [-0.15, -0.1) is 0 Å². The smallest absolute Gasteiger partial charge is 0.125 e. The summed E-state index contributed by atoms with van der Waals surface area (Å²) in [6.07, 6.45) is 8.84. The van der Waals surface area contributed by atoms with E-state index in [4.69, 9.17) is 0 Å². The van der Waals surface area contributed by atoms with Crippen molar-refractivity contribution in [3.63, 3.8) is 0 Å². The lowest BCUT2D eigenvalue weighted by Gasteiger charge is -1.82. The Morgan fingerprint density at radius 2 is 0.889 bits per heavy atom. The zero-order chi connectivity index (χ0) is 25.6. The van der Waals surface area contributed by atoms with E-state index in [2.05, 4.69) is 58.0 Å². The highest BCUT2D eigenvalue weighted by molar-refractivity contribution is 5.12. The van der Waals surface area contributed by atoms with Crippen LogP contribution < -0.4 is 0 Å². The standard InChI is InChI=1S/2C7H8.2C6H7N.C5H6N2.CH4/c2*1-7-5-3-2-4-6-7;1-6-3-2-4-7-5-6;1-6-4-2-3-5-7-6;1-5-6-3-2-4-7-5;/h2*2-6H,1H3;2*2-5H,1H3;2-4H,1H3;1H4. The van der Waals surface area contributed by atoms with Gasteiger partial charge in [0.1, 0.15) is 5.82 Å². The van der Waals surface area contributed by atoms with Crippen molar-refractivity contribution in [2.75, 3.05) is 0 Å². The van der Waals surface area contributed by atoms with E-state index in [1.165, 1.54) is 16.7 Å². The van der Waals surface area contributed by atoms with Crippen molar-refractivity contribution < 1.29 is 0 Å². The Morgan fingerprint density at radius 1 is 0.417 bits per heavy atom. The van der Waals surface area contributed by atoms with Crippen LogP contribution in [0.3, 0.4) is 0 Å². The molecule has 0 radical (unpaired) electrons. The van der Waals surface area contributed by atoms with E-state index in [0.29, 0.717) is 0 Å². The van der Waals surface area contributed by atoms with E-state index in [-0.39, 0.29) is 7.43 Å². The monoisotopic (exact) mass is 480 g/mol. The summed E-state index contributed by atoms with van der Waals surface area (Å²) >= 11 is 0. The number of pyridine rings is 2. The van der Waals surface area contributed by atoms with Crippen molar-refractivity contribution in [2.45, 2.75) is 42.0 Å². The maximum atomic E-state index is 3.98. The summed E-state index contributed by atoms with van der Waals surface area (Å²) in [6.45, 7) is 10.0. The molecule has 36 heavy (non-hydrogen) atoms. The third kappa shape index (κ3) is 19.3. The largest absolute Gasteiger partial charge is 0.264 e. The first-order chi connectivity index (χ1) is 17.0. The summed E-state index contributed by atoms with van der Waals surface area (Å²) < 4.78 is 0. The summed E-state index contributed by atoms with van der Waals surface area (Å²) in [5, 5.41) is 0. The van der Waals surface area contributed by atoms with Crippen LogP contribution in [-0.4, -0.2) is 19.9 Å². The third-order valence-corrected chi connectivity index (χ3v) is 4.20. The van der Waals surface area contributed by atoms with Crippen molar-refractivity contribution in [1.82, 2.24) is 19.9 Å². The summed E-state index contributed by atoms with van der Waals surface area (Å²) in [7, 11) is 0. The summed E-state index contributed by atoms with van der Waals surface area (Å²) in [6, 6.07) is 32.1. The molecular weight excluding hydrogens is 440 g/mol. The molecule has 0 aliphatic rings. The van der Waals surface area contributed by atoms with Gasteiger partial charge in [0.15, 0.2) is 0 Å². The van der Waals surface area contributed by atoms with Crippen molar-refractivity contribution in [3.8, 4) is 0 Å². The number of rotatable bonds is 0. The molecule has 0 N–H and O–H groups in total. The van der Waals surface area contributed by atoms with Crippen molar-refractivity contribution >= 4 is 0 Å². The first-order valence-corrected chi connectivity index (χ1v) is 11.5. The molecule has 0 bridgehead atoms. The Labute approximate surface area is 218 Å². The fourth-order valence-corrected chi connectivity index (χ4v) is 2.34. The van der Waals surface area contributed by atoms with Gasteiger partial charge in [-0.05, 0) is 64.4 Å². The Bertz CT molecular complexity index is 886. The lowest BCUT2D eigenvalue weighted by Crippen LogP contribution is -1.80. The normalized spacial score (nSPS) is 8.47. The fraction of sp³-hybridized carbons (Fsp3) is 0.188. The Kier molecular flexibility index (Phi) is 18.9. The zero-order valence-electron chi connectivity index (χ0n) is 21.4. The van der Waals surface area contributed by atoms with Gasteiger partial charge in [-0.25, -0.2) is 9.97 Å². The molecule has 3 heterocycles. The topological polar surface area (TPSA) is 51.6 Å². The lowest BCUT2D eigenvalue weighted by molar-refractivity contribution is 1.05. The zero-order valence-corrected chi connectivity index (χ0v) is 21.4. The molecule has 0 saturated carbocycles. The Hall–Kier alpha value is -4.18. The van der Waals surface area contributed by atoms with E-state index >= 15 is 0 Å². The van der Waals surface area contributed by atoms with Crippen LogP contribution in [0, 0.1) is 34.6 Å². The van der Waals surface area contributed by atoms with Crippen molar-refractivity contribution in [2.24, 2.45) is 0 Å². The van der Waals surface area contributed by atoms with E-state index in [1.54, 1.807) is 30.9 Å². The second kappa shape index (κ2) is 21.4. The minimum absolute atomic E-state index is 0. The van der Waals surface area contributed by atoms with Gasteiger partial charge in [0, 0.05) is 36.7 Å². The highest BCUT2D eigenvalue weighted by atomic mass is 14.8. The van der Waals surface area contributed by atoms with E-state index in [0.717, 1.165) is 11.5 Å². The van der Waals surface area contributed by atoms with E-state index in [9.17, 15) is 0 Å². The molecule has 0 spiro atoms. The average molecular weight is 481 g/mol. The molecular formula is C32H40N4. The van der Waals surface area contributed by atoms with Crippen LogP contribution >= 0.6 is 0 Å². The highest BCUT2D eigenvalue weighted by Gasteiger charge is 1.76. The molecule has 5 rings (SSSR count). The van der Waals surface area contributed by atoms with Gasteiger partial charge in [-0.1, -0.05) is 91.3 Å². The number of aromatic nitrogens is 4. The minimum Gasteiger partial charge on any atom is -0.264 e. The molecule has 0 atom stereocenters. The van der Waals surface area contributed by atoms with Gasteiger partial charge < -0.3 is 0 Å². The Morgan fingerprint density at radius 3 is 1.11 bits per heavy atom. The van der Waals surface area contributed by atoms with Crippen LogP contribution in [-0.2, 0) is 0 Å². The molecule has 5 aromatic rings. The van der Waals surface area contributed by atoms with E-state index < -0.39 is 0 Å². The van der Waals surface area contributed by atoms with Crippen LogP contribution in [0.5, 0.6) is 0 Å². The SMILES string of the molecule is C.Cc1ccccc1.Cc1ccccc1.Cc1ccccn1.Cc1cccnc1.Cc1ncccn1. The third-order valence-electron chi connectivity index (χ3n) is 4.20. The molecule has 4 heteroatoms. The predicted molar refractivity (Wildman–Crippen MR) is 154 cm³/mol. The molecule has 3 aromatic heterocycles. The van der Waals surface area contributed by atoms with E-state index in [1.807, 2.05) is 93.7 Å². The second-order valence-corrected chi connectivity index (χ2v) is 7.61. The van der Waals surface area contributed by atoms with Gasteiger partial charge in [0.2, 0.25) is 0 Å².